The first-order chi connectivity index (χ1) is 17.8. The van der Waals surface area contributed by atoms with Crippen LogP contribution < -0.4 is 10.6 Å². The molecule has 0 saturated carbocycles. The Hall–Kier alpha value is -4.59. The highest BCUT2D eigenvalue weighted by Gasteiger charge is 2.38. The van der Waals surface area contributed by atoms with Crippen LogP contribution in [0.5, 0.6) is 0 Å². The summed E-state index contributed by atoms with van der Waals surface area (Å²) in [5.41, 5.74) is -0.391. The number of benzene rings is 1. The van der Waals surface area contributed by atoms with Crippen LogP contribution in [0.25, 0.3) is 17.0 Å². The van der Waals surface area contributed by atoms with Crippen molar-refractivity contribution in [3.63, 3.8) is 0 Å². The SMILES string of the molecule is CC(NC(=O)OC(C)(C)C)c1ccc(Nc2cc(C#N)cc(-c3c(C(F)(F)F)nc4ccccn34)n2)cc1. The number of hydrogen-bond donors (Lipinski definition) is 2. The third kappa shape index (κ3) is 6.03. The molecule has 4 rings (SSSR count). The van der Waals surface area contributed by atoms with Crippen molar-refractivity contribution in [1.29, 1.82) is 5.26 Å². The van der Waals surface area contributed by atoms with Gasteiger partial charge in [0.25, 0.3) is 0 Å². The highest BCUT2D eigenvalue weighted by molar-refractivity contribution is 5.70. The molecule has 1 amide bonds. The molecule has 3 heterocycles. The van der Waals surface area contributed by atoms with Crippen LogP contribution in [0.15, 0.2) is 60.8 Å². The fourth-order valence-electron chi connectivity index (χ4n) is 3.79. The normalized spacial score (nSPS) is 12.6. The van der Waals surface area contributed by atoms with E-state index < -0.39 is 23.6 Å². The first-order valence-electron chi connectivity index (χ1n) is 11.7. The Labute approximate surface area is 217 Å². The van der Waals surface area contributed by atoms with Gasteiger partial charge in [-0.15, -0.1) is 0 Å². The van der Waals surface area contributed by atoms with Crippen molar-refractivity contribution in [2.75, 3.05) is 5.32 Å². The van der Waals surface area contributed by atoms with Crippen LogP contribution >= 0.6 is 0 Å². The van der Waals surface area contributed by atoms with E-state index in [0.29, 0.717) is 5.69 Å². The van der Waals surface area contributed by atoms with E-state index in [0.717, 1.165) is 5.56 Å². The van der Waals surface area contributed by atoms with Gasteiger partial charge >= 0.3 is 12.3 Å². The zero-order chi connectivity index (χ0) is 27.7. The maximum absolute atomic E-state index is 13.8. The Morgan fingerprint density at radius 1 is 1.08 bits per heavy atom. The number of amides is 1. The summed E-state index contributed by atoms with van der Waals surface area (Å²) in [4.78, 5) is 20.2. The number of alkyl halides is 3. The maximum atomic E-state index is 13.8. The number of rotatable bonds is 5. The van der Waals surface area contributed by atoms with Crippen LogP contribution in [-0.4, -0.2) is 26.1 Å². The highest BCUT2D eigenvalue weighted by Crippen LogP contribution is 2.37. The number of aromatic nitrogens is 3. The third-order valence-corrected chi connectivity index (χ3v) is 5.41. The molecule has 0 radical (unpaired) electrons. The number of carbonyl (C=O) groups excluding carboxylic acids is 1. The number of pyridine rings is 2. The summed E-state index contributed by atoms with van der Waals surface area (Å²) < 4.78 is 48.1. The monoisotopic (exact) mass is 522 g/mol. The molecule has 1 atom stereocenters. The van der Waals surface area contributed by atoms with Crippen molar-refractivity contribution >= 4 is 23.2 Å². The molecule has 1 unspecified atom stereocenters. The molecule has 2 N–H and O–H groups in total. The highest BCUT2D eigenvalue weighted by atomic mass is 19.4. The number of carbonyl (C=O) groups is 1. The van der Waals surface area contributed by atoms with E-state index in [1.807, 2.05) is 13.0 Å². The maximum Gasteiger partial charge on any atom is 0.435 e. The standard InChI is InChI=1S/C27H25F3N6O2/c1-16(32-25(37)38-26(2,3)4)18-8-10-19(11-9-18)33-21-14-17(15-31)13-20(34-21)23-24(27(28,29)30)35-22-7-5-6-12-36(22)23/h5-14,16H,1-4H3,(H,32,37)(H,33,34). The van der Waals surface area contributed by atoms with E-state index in [1.54, 1.807) is 57.2 Å². The van der Waals surface area contributed by atoms with Crippen molar-refractivity contribution in [1.82, 2.24) is 19.7 Å². The quantitative estimate of drug-likeness (QED) is 0.305. The zero-order valence-electron chi connectivity index (χ0n) is 21.1. The van der Waals surface area contributed by atoms with E-state index in [2.05, 4.69) is 20.6 Å². The number of alkyl carbamates (subject to hydrolysis) is 1. The molecule has 1 aromatic carbocycles. The molecule has 4 aromatic rings. The topological polar surface area (TPSA) is 104 Å². The Balaban J connectivity index is 1.62. The van der Waals surface area contributed by atoms with Crippen LogP contribution in [0.2, 0.25) is 0 Å². The Kier molecular flexibility index (Phi) is 7.00. The average Bonchev–Trinajstić information content (AvgIpc) is 3.23. The second-order valence-electron chi connectivity index (χ2n) is 9.59. The second-order valence-corrected chi connectivity index (χ2v) is 9.59. The van der Waals surface area contributed by atoms with E-state index in [9.17, 15) is 23.2 Å². The van der Waals surface area contributed by atoms with Gasteiger partial charge in [0.15, 0.2) is 5.69 Å². The molecule has 3 aromatic heterocycles. The molecule has 196 valence electrons. The summed E-state index contributed by atoms with van der Waals surface area (Å²) in [5, 5.41) is 15.3. The lowest BCUT2D eigenvalue weighted by Crippen LogP contribution is -2.34. The first-order valence-corrected chi connectivity index (χ1v) is 11.7. The molecule has 11 heteroatoms. The number of nitrogens with one attached hydrogen (secondary N) is 2. The van der Waals surface area contributed by atoms with E-state index >= 15 is 0 Å². The molecule has 0 saturated heterocycles. The van der Waals surface area contributed by atoms with Gasteiger partial charge in [-0.05, 0) is 69.7 Å². The third-order valence-electron chi connectivity index (χ3n) is 5.41. The molecule has 0 fully saturated rings. The lowest BCUT2D eigenvalue weighted by atomic mass is 10.1. The fourth-order valence-corrected chi connectivity index (χ4v) is 3.79. The van der Waals surface area contributed by atoms with Crippen molar-refractivity contribution in [3.05, 3.63) is 77.6 Å². The van der Waals surface area contributed by atoms with Crippen LogP contribution in [0, 0.1) is 11.3 Å². The van der Waals surface area contributed by atoms with Gasteiger partial charge in [0, 0.05) is 11.9 Å². The van der Waals surface area contributed by atoms with E-state index in [4.69, 9.17) is 4.74 Å². The number of anilines is 2. The van der Waals surface area contributed by atoms with Gasteiger partial charge in [-0.25, -0.2) is 14.8 Å². The van der Waals surface area contributed by atoms with Crippen LogP contribution in [0.4, 0.5) is 29.5 Å². The Morgan fingerprint density at radius 3 is 2.42 bits per heavy atom. The minimum atomic E-state index is -4.72. The fraction of sp³-hybridized carbons (Fsp3) is 0.259. The second kappa shape index (κ2) is 10.0. The van der Waals surface area contributed by atoms with Gasteiger partial charge < -0.3 is 15.4 Å². The summed E-state index contributed by atoms with van der Waals surface area (Å²) in [7, 11) is 0. The minimum Gasteiger partial charge on any atom is -0.444 e. The van der Waals surface area contributed by atoms with Gasteiger partial charge in [-0.1, -0.05) is 18.2 Å². The van der Waals surface area contributed by atoms with E-state index in [-0.39, 0.29) is 34.5 Å². The van der Waals surface area contributed by atoms with Gasteiger partial charge in [0.05, 0.1) is 23.4 Å². The number of halogens is 3. The minimum absolute atomic E-state index is 0.0515. The van der Waals surface area contributed by atoms with Crippen molar-refractivity contribution in [2.24, 2.45) is 0 Å². The Bertz CT molecular complexity index is 1520. The molecular formula is C27H25F3N6O2. The molecule has 0 aliphatic heterocycles. The number of fused-ring (bicyclic) bond motifs is 1. The summed E-state index contributed by atoms with van der Waals surface area (Å²) in [6.07, 6.45) is -3.80. The molecule has 0 spiro atoms. The summed E-state index contributed by atoms with van der Waals surface area (Å²) >= 11 is 0. The van der Waals surface area contributed by atoms with Gasteiger partial charge in [-0.2, -0.15) is 18.4 Å². The van der Waals surface area contributed by atoms with Crippen LogP contribution in [-0.2, 0) is 10.9 Å². The number of imidazole rings is 1. The number of nitrogens with zero attached hydrogens (tertiary/aromatic N) is 4. The van der Waals surface area contributed by atoms with Gasteiger partial charge in [-0.3, -0.25) is 4.40 Å². The summed E-state index contributed by atoms with van der Waals surface area (Å²) in [6.45, 7) is 7.14. The van der Waals surface area contributed by atoms with Crippen molar-refractivity contribution in [2.45, 2.75) is 45.5 Å². The zero-order valence-corrected chi connectivity index (χ0v) is 21.1. The predicted octanol–water partition coefficient (Wildman–Crippen LogP) is 6.62. The molecule has 0 aliphatic rings. The van der Waals surface area contributed by atoms with Gasteiger partial charge in [0.2, 0.25) is 0 Å². The van der Waals surface area contributed by atoms with Crippen molar-refractivity contribution in [3.8, 4) is 17.5 Å². The molecular weight excluding hydrogens is 497 g/mol. The lowest BCUT2D eigenvalue weighted by molar-refractivity contribution is -0.140. The molecule has 38 heavy (non-hydrogen) atoms. The van der Waals surface area contributed by atoms with Crippen LogP contribution in [0.1, 0.15) is 50.6 Å². The Morgan fingerprint density at radius 2 is 1.79 bits per heavy atom. The largest absolute Gasteiger partial charge is 0.444 e. The van der Waals surface area contributed by atoms with Crippen LogP contribution in [0.3, 0.4) is 0 Å². The predicted molar refractivity (Wildman–Crippen MR) is 136 cm³/mol. The number of nitriles is 1. The smallest absolute Gasteiger partial charge is 0.435 e. The average molecular weight is 523 g/mol. The van der Waals surface area contributed by atoms with Crippen molar-refractivity contribution < 1.29 is 22.7 Å². The molecule has 0 aliphatic carbocycles. The lowest BCUT2D eigenvalue weighted by Gasteiger charge is -2.22. The molecule has 8 nitrogen and oxygen atoms in total. The molecule has 0 bridgehead atoms. The first kappa shape index (κ1) is 26.5. The number of hydrogen-bond acceptors (Lipinski definition) is 6. The summed E-state index contributed by atoms with van der Waals surface area (Å²) in [6, 6.07) is 16.1. The summed E-state index contributed by atoms with van der Waals surface area (Å²) in [5.74, 6) is 0.186. The van der Waals surface area contributed by atoms with E-state index in [1.165, 1.54) is 28.8 Å². The van der Waals surface area contributed by atoms with Gasteiger partial charge in [0.1, 0.15) is 22.8 Å². The number of ether oxygens (including phenoxy) is 1.